The predicted molar refractivity (Wildman–Crippen MR) is 81.7 cm³/mol. The Balaban J connectivity index is 2.13. The topological polar surface area (TPSA) is 59.2 Å². The Bertz CT molecular complexity index is 620. The van der Waals surface area contributed by atoms with Crippen LogP contribution in [0.1, 0.15) is 16.7 Å². The van der Waals surface area contributed by atoms with E-state index in [9.17, 15) is 4.79 Å². The minimum absolute atomic E-state index is 0.00854. The van der Waals surface area contributed by atoms with Crippen LogP contribution < -0.4 is 10.6 Å². The molecule has 0 aliphatic rings. The molecule has 0 unspecified atom stereocenters. The highest BCUT2D eigenvalue weighted by atomic mass is 16.2. The van der Waals surface area contributed by atoms with E-state index in [1.165, 1.54) is 5.56 Å². The van der Waals surface area contributed by atoms with Crippen molar-refractivity contribution in [3.63, 3.8) is 0 Å². The molecule has 20 heavy (non-hydrogen) atoms. The zero-order valence-corrected chi connectivity index (χ0v) is 12.1. The molecule has 2 aromatic rings. The van der Waals surface area contributed by atoms with Gasteiger partial charge in [-0.3, -0.25) is 9.69 Å². The summed E-state index contributed by atoms with van der Waals surface area (Å²) >= 11 is 0. The molecule has 1 aromatic heterocycles. The standard InChI is InChI=1S/C16H19N3O/c1-11-4-5-13(12(2)8-11)9-16(20)19(3)15-7-6-14(17)10-18-15/h4-8,10H,9,17H2,1-3H3. The van der Waals surface area contributed by atoms with Crippen molar-refractivity contribution in [3.8, 4) is 0 Å². The number of carbonyl (C=O) groups is 1. The van der Waals surface area contributed by atoms with Gasteiger partial charge in [-0.05, 0) is 37.1 Å². The smallest absolute Gasteiger partial charge is 0.232 e. The van der Waals surface area contributed by atoms with Crippen LogP contribution in [0.2, 0.25) is 0 Å². The van der Waals surface area contributed by atoms with Crippen molar-refractivity contribution in [2.75, 3.05) is 17.7 Å². The Morgan fingerprint density at radius 1 is 1.25 bits per heavy atom. The van der Waals surface area contributed by atoms with E-state index in [2.05, 4.69) is 11.1 Å². The fourth-order valence-electron chi connectivity index (χ4n) is 2.05. The van der Waals surface area contributed by atoms with Crippen molar-refractivity contribution >= 4 is 17.4 Å². The Hall–Kier alpha value is -2.36. The maximum absolute atomic E-state index is 12.3. The van der Waals surface area contributed by atoms with Crippen LogP contribution in [0.4, 0.5) is 11.5 Å². The maximum atomic E-state index is 12.3. The number of nitrogens with zero attached hydrogens (tertiary/aromatic N) is 2. The van der Waals surface area contributed by atoms with Gasteiger partial charge >= 0.3 is 0 Å². The van der Waals surface area contributed by atoms with Crippen LogP contribution in [-0.4, -0.2) is 17.9 Å². The second-order valence-corrected chi connectivity index (χ2v) is 5.01. The molecule has 0 bridgehead atoms. The molecule has 0 radical (unpaired) electrons. The summed E-state index contributed by atoms with van der Waals surface area (Å²) in [4.78, 5) is 18.0. The number of hydrogen-bond acceptors (Lipinski definition) is 3. The SMILES string of the molecule is Cc1ccc(CC(=O)N(C)c2ccc(N)cn2)c(C)c1. The van der Waals surface area contributed by atoms with Gasteiger partial charge in [-0.25, -0.2) is 4.98 Å². The summed E-state index contributed by atoms with van der Waals surface area (Å²) in [7, 11) is 1.73. The Morgan fingerprint density at radius 2 is 2.00 bits per heavy atom. The summed E-state index contributed by atoms with van der Waals surface area (Å²) in [6.45, 7) is 4.07. The van der Waals surface area contributed by atoms with Gasteiger partial charge in [0.15, 0.2) is 0 Å². The molecule has 2 rings (SSSR count). The van der Waals surface area contributed by atoms with Gasteiger partial charge in [0.25, 0.3) is 0 Å². The van der Waals surface area contributed by atoms with Gasteiger partial charge in [0.05, 0.1) is 18.3 Å². The quantitative estimate of drug-likeness (QED) is 0.931. The van der Waals surface area contributed by atoms with E-state index in [-0.39, 0.29) is 5.91 Å². The zero-order chi connectivity index (χ0) is 14.7. The molecule has 0 atom stereocenters. The van der Waals surface area contributed by atoms with E-state index in [0.717, 1.165) is 11.1 Å². The molecule has 0 aliphatic carbocycles. The van der Waals surface area contributed by atoms with E-state index in [0.29, 0.717) is 17.9 Å². The van der Waals surface area contributed by atoms with E-state index in [4.69, 9.17) is 5.73 Å². The lowest BCUT2D eigenvalue weighted by Gasteiger charge is -2.17. The van der Waals surface area contributed by atoms with Gasteiger partial charge in [0.1, 0.15) is 5.82 Å². The van der Waals surface area contributed by atoms with Gasteiger partial charge in [-0.15, -0.1) is 0 Å². The first kappa shape index (κ1) is 14.1. The van der Waals surface area contributed by atoms with Gasteiger partial charge < -0.3 is 5.73 Å². The average molecular weight is 269 g/mol. The molecule has 0 fully saturated rings. The molecular formula is C16H19N3O. The Kier molecular flexibility index (Phi) is 4.03. The van der Waals surface area contributed by atoms with Crippen LogP contribution in [0.3, 0.4) is 0 Å². The molecule has 0 spiro atoms. The molecule has 4 nitrogen and oxygen atoms in total. The summed E-state index contributed by atoms with van der Waals surface area (Å²) in [6.07, 6.45) is 1.92. The van der Waals surface area contributed by atoms with E-state index in [1.807, 2.05) is 26.0 Å². The molecule has 4 heteroatoms. The number of nitrogen functional groups attached to an aromatic ring is 1. The first-order valence-electron chi connectivity index (χ1n) is 6.51. The lowest BCUT2D eigenvalue weighted by Crippen LogP contribution is -2.28. The Morgan fingerprint density at radius 3 is 2.60 bits per heavy atom. The van der Waals surface area contributed by atoms with Crippen LogP contribution in [0.15, 0.2) is 36.5 Å². The van der Waals surface area contributed by atoms with Crippen LogP contribution >= 0.6 is 0 Å². The van der Waals surface area contributed by atoms with Crippen molar-refractivity contribution in [3.05, 3.63) is 53.2 Å². The first-order valence-corrected chi connectivity index (χ1v) is 6.51. The van der Waals surface area contributed by atoms with Gasteiger partial charge in [0.2, 0.25) is 5.91 Å². The number of nitrogens with two attached hydrogens (primary N) is 1. The number of aromatic nitrogens is 1. The molecule has 1 aromatic carbocycles. The third kappa shape index (κ3) is 3.15. The maximum Gasteiger partial charge on any atom is 0.232 e. The number of likely N-dealkylation sites (N-methyl/N-ethyl adjacent to an activating group) is 1. The molecule has 1 amide bonds. The monoisotopic (exact) mass is 269 g/mol. The van der Waals surface area contributed by atoms with Gasteiger partial charge in [0, 0.05) is 7.05 Å². The molecule has 104 valence electrons. The van der Waals surface area contributed by atoms with Crippen LogP contribution in [0.5, 0.6) is 0 Å². The van der Waals surface area contributed by atoms with Crippen LogP contribution in [0.25, 0.3) is 0 Å². The summed E-state index contributed by atoms with van der Waals surface area (Å²) in [5.41, 5.74) is 9.56. The second kappa shape index (κ2) is 5.74. The van der Waals surface area contributed by atoms with Crippen LogP contribution in [-0.2, 0) is 11.2 Å². The fraction of sp³-hybridized carbons (Fsp3) is 0.250. The van der Waals surface area contributed by atoms with E-state index >= 15 is 0 Å². The third-order valence-electron chi connectivity index (χ3n) is 3.33. The molecule has 0 aliphatic heterocycles. The number of amides is 1. The van der Waals surface area contributed by atoms with Crippen molar-refractivity contribution in [1.82, 2.24) is 4.98 Å². The highest BCUT2D eigenvalue weighted by molar-refractivity contribution is 5.93. The number of pyridine rings is 1. The summed E-state index contributed by atoms with van der Waals surface area (Å²) in [6, 6.07) is 9.60. The molecule has 0 saturated heterocycles. The Labute approximate surface area is 119 Å². The van der Waals surface area contributed by atoms with E-state index < -0.39 is 0 Å². The van der Waals surface area contributed by atoms with E-state index in [1.54, 1.807) is 30.3 Å². The highest BCUT2D eigenvalue weighted by Gasteiger charge is 2.13. The number of benzene rings is 1. The number of aryl methyl sites for hydroxylation is 2. The largest absolute Gasteiger partial charge is 0.397 e. The lowest BCUT2D eigenvalue weighted by atomic mass is 10.0. The minimum atomic E-state index is 0.00854. The summed E-state index contributed by atoms with van der Waals surface area (Å²) < 4.78 is 0. The summed E-state index contributed by atoms with van der Waals surface area (Å²) in [5.74, 6) is 0.614. The van der Waals surface area contributed by atoms with Crippen molar-refractivity contribution in [1.29, 1.82) is 0 Å². The van der Waals surface area contributed by atoms with Crippen molar-refractivity contribution in [2.45, 2.75) is 20.3 Å². The van der Waals surface area contributed by atoms with Crippen molar-refractivity contribution in [2.24, 2.45) is 0 Å². The lowest BCUT2D eigenvalue weighted by molar-refractivity contribution is -0.117. The fourth-order valence-corrected chi connectivity index (χ4v) is 2.05. The zero-order valence-electron chi connectivity index (χ0n) is 12.1. The normalized spacial score (nSPS) is 10.3. The molecule has 1 heterocycles. The molecular weight excluding hydrogens is 250 g/mol. The number of hydrogen-bond donors (Lipinski definition) is 1. The predicted octanol–water partition coefficient (Wildman–Crippen LogP) is 2.49. The van der Waals surface area contributed by atoms with Crippen LogP contribution in [0, 0.1) is 13.8 Å². The summed E-state index contributed by atoms with van der Waals surface area (Å²) in [5, 5.41) is 0. The van der Waals surface area contributed by atoms with Gasteiger partial charge in [-0.2, -0.15) is 0 Å². The third-order valence-corrected chi connectivity index (χ3v) is 3.33. The highest BCUT2D eigenvalue weighted by Crippen LogP contribution is 2.15. The minimum Gasteiger partial charge on any atom is -0.397 e. The second-order valence-electron chi connectivity index (χ2n) is 5.01. The number of rotatable bonds is 3. The molecule has 0 saturated carbocycles. The molecule has 2 N–H and O–H groups in total. The van der Waals surface area contributed by atoms with Crippen molar-refractivity contribution < 1.29 is 4.79 Å². The van der Waals surface area contributed by atoms with Gasteiger partial charge in [-0.1, -0.05) is 23.8 Å². The number of anilines is 2. The average Bonchev–Trinajstić information content (AvgIpc) is 2.42. The first-order chi connectivity index (χ1) is 9.47. The number of carbonyl (C=O) groups excluding carboxylic acids is 1.